The van der Waals surface area contributed by atoms with Gasteiger partial charge in [0.1, 0.15) is 48.8 Å². The molecule has 2 rings (SSSR count). The maximum atomic E-state index is 11.4. The van der Waals surface area contributed by atoms with Crippen molar-refractivity contribution in [1.82, 2.24) is 5.32 Å². The number of carbonyl (C=O) groups is 2. The highest BCUT2D eigenvalue weighted by Gasteiger charge is 2.51. The van der Waals surface area contributed by atoms with Crippen LogP contribution >= 0.6 is 0 Å². The molecule has 168 valence electrons. The second kappa shape index (κ2) is 10.1. The van der Waals surface area contributed by atoms with Crippen molar-refractivity contribution in [2.24, 2.45) is 0 Å². The summed E-state index contributed by atoms with van der Waals surface area (Å²) < 4.78 is 26.0. The zero-order valence-electron chi connectivity index (χ0n) is 16.0. The van der Waals surface area contributed by atoms with Crippen molar-refractivity contribution in [3.8, 4) is 0 Å². The van der Waals surface area contributed by atoms with Gasteiger partial charge < -0.3 is 59.3 Å². The summed E-state index contributed by atoms with van der Waals surface area (Å²) in [6, 6.07) is -1.11. The summed E-state index contributed by atoms with van der Waals surface area (Å²) in [5, 5.41) is 54.4. The normalized spacial score (nSPS) is 43.0. The summed E-state index contributed by atoms with van der Waals surface area (Å²) in [5.74, 6) is -2.23. The molecule has 2 saturated heterocycles. The molecule has 0 aromatic carbocycles. The second-order valence-corrected chi connectivity index (χ2v) is 6.70. The minimum absolute atomic E-state index is 0.509. The molecular weight excluding hydrogens is 398 g/mol. The summed E-state index contributed by atoms with van der Waals surface area (Å²) in [6.07, 6.45) is -13.6. The first-order chi connectivity index (χ1) is 13.7. The molecule has 0 spiro atoms. The highest BCUT2D eigenvalue weighted by molar-refractivity contribution is 5.73. The first-order valence-corrected chi connectivity index (χ1v) is 8.81. The second-order valence-electron chi connectivity index (χ2n) is 6.70. The summed E-state index contributed by atoms with van der Waals surface area (Å²) in [6.45, 7) is 0.553. The number of amides is 1. The molecule has 2 aliphatic heterocycles. The van der Waals surface area contributed by atoms with Gasteiger partial charge in [0.15, 0.2) is 12.6 Å². The number of aliphatic hydroxyl groups excluding tert-OH is 4. The molecule has 13 nitrogen and oxygen atoms in total. The Labute approximate surface area is 166 Å². The Bertz CT molecular complexity index is 576. The Morgan fingerprint density at radius 3 is 2.14 bits per heavy atom. The van der Waals surface area contributed by atoms with E-state index in [0.717, 1.165) is 7.11 Å². The Hall–Kier alpha value is -1.42. The first-order valence-electron chi connectivity index (χ1n) is 8.81. The molecule has 2 fully saturated rings. The molecule has 0 aromatic rings. The zero-order chi connectivity index (χ0) is 21.9. The number of hydrogen-bond acceptors (Lipinski definition) is 12. The van der Waals surface area contributed by atoms with Crippen LogP contribution in [0.2, 0.25) is 0 Å². The van der Waals surface area contributed by atoms with E-state index in [1.54, 1.807) is 0 Å². The molecule has 0 aromatic heterocycles. The molecule has 4 unspecified atom stereocenters. The van der Waals surface area contributed by atoms with Crippen LogP contribution in [0.4, 0.5) is 0 Å². The van der Waals surface area contributed by atoms with Gasteiger partial charge in [0.2, 0.25) is 5.91 Å². The number of rotatable bonds is 7. The highest BCUT2D eigenvalue weighted by Crippen LogP contribution is 2.30. The quantitative estimate of drug-likeness (QED) is 0.261. The number of methoxy groups -OCH3 is 2. The van der Waals surface area contributed by atoms with Gasteiger partial charge in [0.05, 0.1) is 12.6 Å². The Morgan fingerprint density at radius 2 is 1.66 bits per heavy atom. The molecule has 0 saturated carbocycles. The van der Waals surface area contributed by atoms with Crippen molar-refractivity contribution in [3.63, 3.8) is 0 Å². The number of aliphatic carboxylic acids is 1. The maximum Gasteiger partial charge on any atom is 0.217 e. The van der Waals surface area contributed by atoms with Crippen molar-refractivity contribution in [3.05, 3.63) is 0 Å². The average Bonchev–Trinajstić information content (AvgIpc) is 2.67. The molecule has 0 radical (unpaired) electrons. The van der Waals surface area contributed by atoms with Gasteiger partial charge in [-0.15, -0.1) is 0 Å². The van der Waals surface area contributed by atoms with Crippen LogP contribution in [0.3, 0.4) is 0 Å². The molecule has 29 heavy (non-hydrogen) atoms. The maximum absolute atomic E-state index is 11.4. The number of aliphatic hydroxyl groups is 4. The van der Waals surface area contributed by atoms with Crippen molar-refractivity contribution < 1.29 is 58.8 Å². The fourth-order valence-electron chi connectivity index (χ4n) is 3.38. The predicted octanol–water partition coefficient (Wildman–Crippen LogP) is -5.19. The van der Waals surface area contributed by atoms with E-state index in [4.69, 9.17) is 23.7 Å². The van der Waals surface area contributed by atoms with E-state index in [2.05, 4.69) is 5.32 Å². The number of carbonyl (C=O) groups excluding carboxylic acids is 2. The van der Waals surface area contributed by atoms with E-state index in [9.17, 15) is 35.1 Å². The lowest BCUT2D eigenvalue weighted by atomic mass is 9.95. The summed E-state index contributed by atoms with van der Waals surface area (Å²) >= 11 is 0. The fraction of sp³-hybridized carbons (Fsp3) is 0.875. The van der Waals surface area contributed by atoms with E-state index < -0.39 is 79.8 Å². The topological polar surface area (TPSA) is 196 Å². The van der Waals surface area contributed by atoms with Crippen LogP contribution in [0, 0.1) is 0 Å². The minimum atomic E-state index is -1.78. The van der Waals surface area contributed by atoms with Crippen molar-refractivity contribution in [1.29, 1.82) is 0 Å². The van der Waals surface area contributed by atoms with Crippen LogP contribution in [0.25, 0.3) is 0 Å². The van der Waals surface area contributed by atoms with Gasteiger partial charge >= 0.3 is 0 Å². The lowest BCUT2D eigenvalue weighted by Crippen LogP contribution is -2.68. The van der Waals surface area contributed by atoms with Crippen molar-refractivity contribution in [2.45, 2.75) is 68.3 Å². The van der Waals surface area contributed by atoms with Gasteiger partial charge in [-0.1, -0.05) is 0 Å². The zero-order valence-corrected chi connectivity index (χ0v) is 16.0. The lowest BCUT2D eigenvalue weighted by Gasteiger charge is -2.47. The number of carboxylic acids is 1. The molecule has 13 heteroatoms. The highest BCUT2D eigenvalue weighted by atomic mass is 16.7. The fourth-order valence-corrected chi connectivity index (χ4v) is 3.38. The van der Waals surface area contributed by atoms with Gasteiger partial charge in [0.25, 0.3) is 0 Å². The SMILES string of the molecule is CO[C@H]1OC(CO)[C@@H](O[C@@H]2OC(C(=O)[O-])[C@@H](OC)[C@H](O)C2O)C(O)[C@@H]1NC(C)=O. The third-order valence-electron chi connectivity index (χ3n) is 4.80. The minimum Gasteiger partial charge on any atom is -0.547 e. The van der Waals surface area contributed by atoms with E-state index in [1.807, 2.05) is 0 Å². The molecule has 0 aliphatic carbocycles. The first kappa shape index (κ1) is 23.9. The number of carboxylic acid groups (broad SMARTS) is 1. The van der Waals surface area contributed by atoms with Crippen LogP contribution < -0.4 is 10.4 Å². The van der Waals surface area contributed by atoms with E-state index in [1.165, 1.54) is 14.0 Å². The third kappa shape index (κ3) is 5.02. The Kier molecular flexibility index (Phi) is 8.28. The predicted molar refractivity (Wildman–Crippen MR) is 87.7 cm³/mol. The molecule has 2 heterocycles. The number of nitrogens with one attached hydrogen (secondary N) is 1. The van der Waals surface area contributed by atoms with E-state index in [-0.39, 0.29) is 0 Å². The van der Waals surface area contributed by atoms with Gasteiger partial charge in [-0.05, 0) is 0 Å². The molecule has 5 N–H and O–H groups in total. The lowest BCUT2D eigenvalue weighted by molar-refractivity contribution is -0.367. The van der Waals surface area contributed by atoms with Crippen LogP contribution in [0.15, 0.2) is 0 Å². The van der Waals surface area contributed by atoms with Crippen molar-refractivity contribution in [2.75, 3.05) is 20.8 Å². The van der Waals surface area contributed by atoms with Gasteiger partial charge in [0, 0.05) is 21.1 Å². The smallest absolute Gasteiger partial charge is 0.217 e. The van der Waals surface area contributed by atoms with Crippen LogP contribution in [-0.2, 0) is 33.3 Å². The van der Waals surface area contributed by atoms with Crippen molar-refractivity contribution >= 4 is 11.9 Å². The Morgan fingerprint density at radius 1 is 1.00 bits per heavy atom. The van der Waals surface area contributed by atoms with Crippen LogP contribution in [-0.4, -0.2) is 114 Å². The molecule has 10 atom stereocenters. The summed E-state index contributed by atoms with van der Waals surface area (Å²) in [4.78, 5) is 22.8. The van der Waals surface area contributed by atoms with E-state index in [0.29, 0.717) is 0 Å². The van der Waals surface area contributed by atoms with Crippen LogP contribution in [0.1, 0.15) is 6.92 Å². The number of hydrogen-bond donors (Lipinski definition) is 5. The molecule has 2 aliphatic rings. The third-order valence-corrected chi connectivity index (χ3v) is 4.80. The van der Waals surface area contributed by atoms with Gasteiger partial charge in [-0.25, -0.2) is 0 Å². The molecule has 0 bridgehead atoms. The Balaban J connectivity index is 2.24. The average molecular weight is 424 g/mol. The summed E-state index contributed by atoms with van der Waals surface area (Å²) in [7, 11) is 2.38. The van der Waals surface area contributed by atoms with Gasteiger partial charge in [-0.3, -0.25) is 4.79 Å². The summed E-state index contributed by atoms with van der Waals surface area (Å²) in [5.41, 5.74) is 0. The molecular formula is C16H26NO12-. The monoisotopic (exact) mass is 424 g/mol. The largest absolute Gasteiger partial charge is 0.547 e. The molecule has 1 amide bonds. The number of ether oxygens (including phenoxy) is 5. The van der Waals surface area contributed by atoms with Gasteiger partial charge in [-0.2, -0.15) is 0 Å². The standard InChI is InChI=1S/C16H27NO12/c1-5(19)17-7-8(20)11(6(4-18)27-15(7)26-3)28-16-10(22)9(21)12(25-2)13(29-16)14(23)24/h6-13,15-16,18,20-22H,4H2,1-3H3,(H,17,19)(H,23,24)/p-1/t6?,7-,8?,9+,10?,11+,12-,13?,15-,16+/m0/s1. The van der Waals surface area contributed by atoms with E-state index >= 15 is 0 Å². The van der Waals surface area contributed by atoms with Crippen LogP contribution in [0.5, 0.6) is 0 Å².